The number of carbonyl (C=O) groups excluding carboxylic acids is 1. The number of hydrogen-bond acceptors (Lipinski definition) is 4. The lowest BCUT2D eigenvalue weighted by atomic mass is 9.58. The van der Waals surface area contributed by atoms with Gasteiger partial charge in [-0.25, -0.2) is 0 Å². The van der Waals surface area contributed by atoms with E-state index in [2.05, 4.69) is 10.3 Å². The van der Waals surface area contributed by atoms with E-state index in [1.807, 2.05) is 19.1 Å². The molecule has 2 N–H and O–H groups in total. The van der Waals surface area contributed by atoms with Crippen molar-refractivity contribution in [2.24, 2.45) is 5.41 Å². The summed E-state index contributed by atoms with van der Waals surface area (Å²) in [6.45, 7) is 3.30. The topological polar surface area (TPSA) is 71.5 Å². The Bertz CT molecular complexity index is 621. The summed E-state index contributed by atoms with van der Waals surface area (Å²) in [4.78, 5) is 17.4. The molecule has 2 saturated carbocycles. The fourth-order valence-electron chi connectivity index (χ4n) is 4.07. The quantitative estimate of drug-likeness (QED) is 0.894. The minimum absolute atomic E-state index is 0.0397. The number of ether oxygens (including phenoxy) is 1. The summed E-state index contributed by atoms with van der Waals surface area (Å²) in [7, 11) is 0. The van der Waals surface area contributed by atoms with Gasteiger partial charge in [0.2, 0.25) is 0 Å². The minimum atomic E-state index is -0.323. The van der Waals surface area contributed by atoms with Gasteiger partial charge in [0.05, 0.1) is 17.4 Å². The van der Waals surface area contributed by atoms with Crippen LogP contribution in [0.15, 0.2) is 12.1 Å². The third-order valence-corrected chi connectivity index (χ3v) is 5.82. The molecule has 3 fully saturated rings. The molecule has 0 radical (unpaired) electrons. The molecule has 5 heteroatoms. The van der Waals surface area contributed by atoms with Crippen molar-refractivity contribution in [2.75, 3.05) is 13.2 Å². The number of aliphatic hydroxyl groups excluding tert-OH is 1. The van der Waals surface area contributed by atoms with Crippen molar-refractivity contribution in [1.82, 2.24) is 10.3 Å². The molecular weight excluding hydrogens is 292 g/mol. The minimum Gasteiger partial charge on any atom is -0.392 e. The van der Waals surface area contributed by atoms with Crippen LogP contribution in [0.5, 0.6) is 0 Å². The Labute approximate surface area is 136 Å². The first kappa shape index (κ1) is 15.1. The van der Waals surface area contributed by atoms with Crippen molar-refractivity contribution >= 4 is 5.91 Å². The molecular formula is C18H24N2O3. The Morgan fingerprint density at radius 3 is 2.74 bits per heavy atom. The van der Waals surface area contributed by atoms with Gasteiger partial charge in [0.15, 0.2) is 0 Å². The molecule has 1 amide bonds. The standard InChI is InChI=1S/C18H24N2O3/c1-11-2-5-13(16(19-11)12-3-4-12)17(22)20-14-10-15(21)18(14)6-8-23-9-7-18/h2,5,12,14-15,21H,3-4,6-10H2,1H3,(H,20,22)/t14-,15-/m1/s1. The Morgan fingerprint density at radius 2 is 2.09 bits per heavy atom. The van der Waals surface area contributed by atoms with E-state index in [9.17, 15) is 9.90 Å². The van der Waals surface area contributed by atoms with Gasteiger partial charge in [-0.05, 0) is 51.2 Å². The molecule has 2 atom stereocenters. The Morgan fingerprint density at radius 1 is 1.35 bits per heavy atom. The smallest absolute Gasteiger partial charge is 0.253 e. The molecule has 2 aliphatic carbocycles. The molecule has 1 spiro atoms. The van der Waals surface area contributed by atoms with Crippen LogP contribution >= 0.6 is 0 Å². The number of aryl methyl sites for hydroxylation is 1. The van der Waals surface area contributed by atoms with E-state index >= 15 is 0 Å². The summed E-state index contributed by atoms with van der Waals surface area (Å²) in [5.41, 5.74) is 2.43. The number of aromatic nitrogens is 1. The normalized spacial score (nSPS) is 29.1. The maximum absolute atomic E-state index is 12.8. The Balaban J connectivity index is 1.52. The maximum Gasteiger partial charge on any atom is 0.253 e. The van der Waals surface area contributed by atoms with Gasteiger partial charge < -0.3 is 15.2 Å². The van der Waals surface area contributed by atoms with E-state index in [0.717, 1.165) is 37.1 Å². The second-order valence-electron chi connectivity index (χ2n) is 7.28. The highest BCUT2D eigenvalue weighted by Crippen LogP contribution is 2.49. The van der Waals surface area contributed by atoms with Crippen LogP contribution in [0.1, 0.15) is 59.8 Å². The van der Waals surface area contributed by atoms with Crippen LogP contribution < -0.4 is 5.32 Å². The molecule has 3 aliphatic rings. The van der Waals surface area contributed by atoms with Crippen LogP contribution in [-0.2, 0) is 4.74 Å². The molecule has 124 valence electrons. The lowest BCUT2D eigenvalue weighted by Gasteiger charge is -2.55. The van der Waals surface area contributed by atoms with E-state index in [1.165, 1.54) is 0 Å². The largest absolute Gasteiger partial charge is 0.392 e. The number of pyridine rings is 1. The first-order valence-electron chi connectivity index (χ1n) is 8.64. The highest BCUT2D eigenvalue weighted by molar-refractivity contribution is 5.96. The fourth-order valence-corrected chi connectivity index (χ4v) is 4.07. The number of hydrogen-bond donors (Lipinski definition) is 2. The van der Waals surface area contributed by atoms with Crippen molar-refractivity contribution in [3.8, 4) is 0 Å². The summed E-state index contributed by atoms with van der Waals surface area (Å²) < 4.78 is 5.43. The van der Waals surface area contributed by atoms with Crippen LogP contribution in [0.4, 0.5) is 0 Å². The number of nitrogens with zero attached hydrogens (tertiary/aromatic N) is 1. The number of carbonyl (C=O) groups is 1. The summed E-state index contributed by atoms with van der Waals surface area (Å²) in [5, 5.41) is 13.4. The number of rotatable bonds is 3. The predicted molar refractivity (Wildman–Crippen MR) is 85.3 cm³/mol. The molecule has 23 heavy (non-hydrogen) atoms. The molecule has 2 heterocycles. The number of aliphatic hydroxyl groups is 1. The van der Waals surface area contributed by atoms with Crippen LogP contribution in [-0.4, -0.2) is 41.4 Å². The lowest BCUT2D eigenvalue weighted by molar-refractivity contribution is -0.145. The second-order valence-corrected chi connectivity index (χ2v) is 7.28. The SMILES string of the molecule is Cc1ccc(C(=O)N[C@@H]2C[C@@H](O)C23CCOCC3)c(C2CC2)n1. The maximum atomic E-state index is 12.8. The van der Waals surface area contributed by atoms with Crippen molar-refractivity contribution < 1.29 is 14.6 Å². The molecule has 1 aromatic heterocycles. The first-order chi connectivity index (χ1) is 11.1. The molecule has 0 aromatic carbocycles. The van der Waals surface area contributed by atoms with Crippen molar-refractivity contribution in [1.29, 1.82) is 0 Å². The Hall–Kier alpha value is -1.46. The molecule has 1 aliphatic heterocycles. The zero-order chi connectivity index (χ0) is 16.0. The van der Waals surface area contributed by atoms with E-state index < -0.39 is 0 Å². The summed E-state index contributed by atoms with van der Waals surface area (Å²) in [5.74, 6) is 0.404. The van der Waals surface area contributed by atoms with Crippen molar-refractivity contribution in [3.05, 3.63) is 29.1 Å². The summed E-state index contributed by atoms with van der Waals surface area (Å²) in [6.07, 6.45) is 4.21. The van der Waals surface area contributed by atoms with Crippen molar-refractivity contribution in [3.63, 3.8) is 0 Å². The average Bonchev–Trinajstić information content (AvgIpc) is 3.40. The molecule has 0 unspecified atom stereocenters. The highest BCUT2D eigenvalue weighted by Gasteiger charge is 2.55. The van der Waals surface area contributed by atoms with Gasteiger partial charge in [-0.15, -0.1) is 0 Å². The van der Waals surface area contributed by atoms with Gasteiger partial charge in [0.1, 0.15) is 0 Å². The molecule has 0 bridgehead atoms. The fraction of sp³-hybridized carbons (Fsp3) is 0.667. The van der Waals surface area contributed by atoms with E-state index in [0.29, 0.717) is 31.1 Å². The van der Waals surface area contributed by atoms with Gasteiger partial charge >= 0.3 is 0 Å². The van der Waals surface area contributed by atoms with E-state index in [1.54, 1.807) is 0 Å². The third kappa shape index (κ3) is 2.56. The van der Waals surface area contributed by atoms with Gasteiger partial charge in [-0.1, -0.05) is 0 Å². The zero-order valence-corrected chi connectivity index (χ0v) is 13.5. The zero-order valence-electron chi connectivity index (χ0n) is 13.5. The number of nitrogens with one attached hydrogen (secondary N) is 1. The molecule has 5 nitrogen and oxygen atoms in total. The van der Waals surface area contributed by atoms with Gasteiger partial charge in [-0.2, -0.15) is 0 Å². The van der Waals surface area contributed by atoms with Crippen LogP contribution in [0.3, 0.4) is 0 Å². The average molecular weight is 316 g/mol. The predicted octanol–water partition coefficient (Wildman–Crippen LogP) is 1.93. The van der Waals surface area contributed by atoms with Crippen LogP contribution in [0.2, 0.25) is 0 Å². The monoisotopic (exact) mass is 316 g/mol. The summed E-state index contributed by atoms with van der Waals surface area (Å²) >= 11 is 0. The highest BCUT2D eigenvalue weighted by atomic mass is 16.5. The van der Waals surface area contributed by atoms with Gasteiger partial charge in [0, 0.05) is 36.3 Å². The van der Waals surface area contributed by atoms with Gasteiger partial charge in [0.25, 0.3) is 5.91 Å². The van der Waals surface area contributed by atoms with E-state index in [-0.39, 0.29) is 23.5 Å². The van der Waals surface area contributed by atoms with E-state index in [4.69, 9.17) is 4.74 Å². The van der Waals surface area contributed by atoms with Crippen molar-refractivity contribution in [2.45, 2.75) is 57.1 Å². The first-order valence-corrected chi connectivity index (χ1v) is 8.64. The third-order valence-electron chi connectivity index (χ3n) is 5.82. The molecule has 4 rings (SSSR count). The van der Waals surface area contributed by atoms with Crippen LogP contribution in [0.25, 0.3) is 0 Å². The second kappa shape index (κ2) is 5.56. The lowest BCUT2D eigenvalue weighted by Crippen LogP contribution is -2.65. The molecule has 1 saturated heterocycles. The molecule has 1 aromatic rings. The number of amides is 1. The van der Waals surface area contributed by atoms with Gasteiger partial charge in [-0.3, -0.25) is 9.78 Å². The summed E-state index contributed by atoms with van der Waals surface area (Å²) in [6, 6.07) is 3.85. The van der Waals surface area contributed by atoms with Crippen LogP contribution in [0, 0.1) is 12.3 Å². The Kier molecular flexibility index (Phi) is 3.65.